The number of carbonyl (C=O) groups excluding carboxylic acids is 11. The predicted octanol–water partition coefficient (Wildman–Crippen LogP) is 13.5. The van der Waals surface area contributed by atoms with Crippen molar-refractivity contribution in [1.82, 2.24) is 0 Å². The van der Waals surface area contributed by atoms with E-state index in [2.05, 4.69) is 35.1 Å². The molecule has 6 aromatic carbocycles. The van der Waals surface area contributed by atoms with Crippen molar-refractivity contribution in [3.63, 3.8) is 0 Å². The van der Waals surface area contributed by atoms with Gasteiger partial charge in [0.05, 0.1) is 36.6 Å². The number of carbonyl (C=O) groups is 11. The highest BCUT2D eigenvalue weighted by atomic mass is 16.8. The van der Waals surface area contributed by atoms with Crippen molar-refractivity contribution in [3.8, 4) is 0 Å². The van der Waals surface area contributed by atoms with E-state index in [9.17, 15) is 93.6 Å². The van der Waals surface area contributed by atoms with Crippen LogP contribution >= 0.6 is 0 Å². The van der Waals surface area contributed by atoms with Gasteiger partial charge >= 0.3 is 6.09 Å². The molecule has 20 rings (SSSR count). The van der Waals surface area contributed by atoms with E-state index in [1.807, 2.05) is 39.0 Å². The molecule has 30 nitrogen and oxygen atoms in total. The second-order valence-corrected chi connectivity index (χ2v) is 42.8. The maximum Gasteiger partial charge on any atom is 0.412 e. The second kappa shape index (κ2) is 38.5. The molecule has 12 aliphatic carbocycles. The van der Waals surface area contributed by atoms with Gasteiger partial charge in [0.2, 0.25) is 0 Å². The molecule has 0 aromatic heterocycles. The number of ether oxygens (including phenoxy) is 5. The lowest BCUT2D eigenvalue weighted by Crippen LogP contribution is -2.63. The largest absolute Gasteiger partial charge is 0.444 e. The Hall–Kier alpha value is -11.8. The van der Waals surface area contributed by atoms with Crippen molar-refractivity contribution in [2.45, 2.75) is 218 Å². The summed E-state index contributed by atoms with van der Waals surface area (Å²) in [5.74, 6) is -2.92. The molecule has 0 unspecified atom stereocenters. The van der Waals surface area contributed by atoms with Crippen LogP contribution in [0.1, 0.15) is 212 Å². The van der Waals surface area contributed by atoms with Gasteiger partial charge in [0, 0.05) is 118 Å². The Morgan fingerprint density at radius 3 is 1.13 bits per heavy atom. The Morgan fingerprint density at radius 1 is 0.454 bits per heavy atom. The average Bonchev–Trinajstić information content (AvgIpc) is 1.52. The molecule has 746 valence electrons. The normalized spacial score (nSPS) is 35.8. The molecule has 2 saturated heterocycles. The van der Waals surface area contributed by atoms with E-state index in [1.54, 1.807) is 210 Å². The summed E-state index contributed by atoms with van der Waals surface area (Å²) in [6.07, 6.45) is 16.1. The fourth-order valence-corrected chi connectivity index (χ4v) is 27.9. The van der Waals surface area contributed by atoms with Crippen LogP contribution in [-0.4, -0.2) is 185 Å². The number of Topliss-reactive ketones (excluding diaryl/α,β-unsaturated/α-hetero) is 3. The summed E-state index contributed by atoms with van der Waals surface area (Å²) < 4.78 is 31.5. The summed E-state index contributed by atoms with van der Waals surface area (Å²) in [5.41, 5.74) is 11.8. The number of fused-ring (bicyclic) bond motifs is 19. The van der Waals surface area contributed by atoms with Crippen LogP contribution in [0.2, 0.25) is 0 Å². The van der Waals surface area contributed by atoms with Crippen LogP contribution in [0.5, 0.6) is 0 Å². The monoisotopic (exact) mass is 1930 g/mol. The SMILES string of the molecule is C.CC(C)(C)OC(=O)Nc1cccc(NC(=O)c2ccc(C=O)cc2)c1.C[C@]12C=CC(=O)C=C1CC[C@@H]1[C@@H]2[C@@H](O)C[C@@]2(C)[C@H]1C[C@@H](O)[C@]2(O)C(=O)CO.C[C@]12C=CC(=O)C=C1CC[C@@H]1[C@@H]2[C@@H](O)C[C@@]2(C)[C@H]1C[C@H]1O[C@@H](c3ccc(C(=O)Nc4cccc(N)c4)cc3)O[C@]12C(=O)CO.C[C@]12C=CC(=O)C=C1CC[C@@H]1[C@@H]2[C@@H](O)C[C@@]2(C)[C@H]1C[C@H]1O[C@H](c3ccc(C(=O)Nc4cccc(N)c4)cc3)O[C@]12C(=O)CO. The first-order valence-corrected chi connectivity index (χ1v) is 48.2. The Balaban J connectivity index is 0.000000139. The lowest BCUT2D eigenvalue weighted by atomic mass is 9.46. The van der Waals surface area contributed by atoms with Crippen LogP contribution in [0.25, 0.3) is 0 Å². The number of rotatable bonds is 16. The second-order valence-electron chi connectivity index (χ2n) is 42.8. The minimum absolute atomic E-state index is 0. The van der Waals surface area contributed by atoms with Crippen LogP contribution in [-0.2, 0) is 52.5 Å². The Labute approximate surface area is 818 Å². The summed E-state index contributed by atoms with van der Waals surface area (Å²) in [7, 11) is 0. The van der Waals surface area contributed by atoms with Gasteiger partial charge in [-0.15, -0.1) is 0 Å². The van der Waals surface area contributed by atoms with Gasteiger partial charge in [-0.2, -0.15) is 0 Å². The molecule has 16 N–H and O–H groups in total. The molecular weight excluding hydrogens is 1800 g/mol. The smallest absolute Gasteiger partial charge is 0.412 e. The minimum Gasteiger partial charge on any atom is -0.444 e. The maximum atomic E-state index is 13.7. The van der Waals surface area contributed by atoms with Crippen molar-refractivity contribution >= 4 is 98.9 Å². The van der Waals surface area contributed by atoms with Gasteiger partial charge in [-0.05, 0) is 261 Å². The number of hydrogen-bond acceptors (Lipinski definition) is 26. The Kier molecular flexibility index (Phi) is 27.9. The number of aliphatic hydroxyl groups is 8. The number of nitrogens with two attached hydrogens (primary N) is 2. The molecule has 141 heavy (non-hydrogen) atoms. The number of ketones is 6. The molecule has 2 aliphatic heterocycles. The van der Waals surface area contributed by atoms with Gasteiger partial charge in [0.15, 0.2) is 64.1 Å². The molecule has 2 heterocycles. The summed E-state index contributed by atoms with van der Waals surface area (Å²) in [5, 5.41) is 97.3. The number of aldehydes is 1. The van der Waals surface area contributed by atoms with E-state index < -0.39 is 147 Å². The maximum absolute atomic E-state index is 13.7. The quantitative estimate of drug-likeness (QED) is 0.0316. The number of allylic oxidation sites excluding steroid dienone is 12. The zero-order chi connectivity index (χ0) is 100. The predicted molar refractivity (Wildman–Crippen MR) is 524 cm³/mol. The van der Waals surface area contributed by atoms with Crippen LogP contribution in [0, 0.1) is 85.8 Å². The molecule has 0 bridgehead atoms. The van der Waals surface area contributed by atoms with Gasteiger partial charge in [0.25, 0.3) is 17.7 Å². The van der Waals surface area contributed by atoms with Gasteiger partial charge in [-0.1, -0.05) is 139 Å². The van der Waals surface area contributed by atoms with Gasteiger partial charge in [0.1, 0.15) is 31.7 Å². The highest BCUT2D eigenvalue weighted by molar-refractivity contribution is 6.07. The van der Waals surface area contributed by atoms with Gasteiger partial charge < -0.3 is 92.0 Å². The van der Waals surface area contributed by atoms with Crippen molar-refractivity contribution in [1.29, 1.82) is 0 Å². The lowest BCUT2D eigenvalue weighted by Gasteiger charge is -2.59. The third kappa shape index (κ3) is 17.7. The lowest BCUT2D eigenvalue weighted by molar-refractivity contribution is -0.201. The van der Waals surface area contributed by atoms with Gasteiger partial charge in [-0.3, -0.25) is 53.3 Å². The minimum atomic E-state index is -2.05. The molecule has 0 radical (unpaired) electrons. The van der Waals surface area contributed by atoms with E-state index in [4.69, 9.17) is 35.2 Å². The van der Waals surface area contributed by atoms with Crippen molar-refractivity contribution in [2.75, 3.05) is 52.6 Å². The molecule has 4 amide bonds. The van der Waals surface area contributed by atoms with Crippen LogP contribution in [0.15, 0.2) is 217 Å². The molecule has 30 heteroatoms. The molecule has 6 aromatic rings. The zero-order valence-corrected chi connectivity index (χ0v) is 79.8. The number of aliphatic hydroxyl groups excluding tert-OH is 7. The Morgan fingerprint density at radius 2 is 0.787 bits per heavy atom. The van der Waals surface area contributed by atoms with E-state index in [0.717, 1.165) is 55.2 Å². The first kappa shape index (κ1) is 102. The summed E-state index contributed by atoms with van der Waals surface area (Å²) in [4.78, 5) is 136. The third-order valence-electron chi connectivity index (χ3n) is 34.1. The molecule has 0 spiro atoms. The van der Waals surface area contributed by atoms with Crippen molar-refractivity contribution in [3.05, 3.63) is 250 Å². The first-order valence-electron chi connectivity index (χ1n) is 48.2. The van der Waals surface area contributed by atoms with Crippen LogP contribution in [0.4, 0.5) is 38.9 Å². The summed E-state index contributed by atoms with van der Waals surface area (Å²) >= 11 is 0. The van der Waals surface area contributed by atoms with E-state index in [1.165, 1.54) is 0 Å². The average molecular weight is 1930 g/mol. The van der Waals surface area contributed by atoms with Crippen molar-refractivity contribution < 1.29 is 117 Å². The number of nitrogen functional groups attached to an aromatic ring is 2. The molecule has 9 saturated carbocycles. The third-order valence-corrected chi connectivity index (χ3v) is 34.1. The number of amides is 4. The topological polar surface area (TPSA) is 496 Å². The van der Waals surface area contributed by atoms with E-state index >= 15 is 0 Å². The highest BCUT2D eigenvalue weighted by Crippen LogP contribution is 2.74. The van der Waals surface area contributed by atoms with E-state index in [-0.39, 0.29) is 109 Å². The number of hydrogen-bond donors (Lipinski definition) is 14. The standard InChI is InChI=1S/2C35H38N2O7.C21H28O6.C19H20N2O4.CH4/c2*1-33-13-12-24(39)14-21(33)10-11-25-26-16-29-35(28(41)18-38,34(26,2)17-27(40)30(25)33)44-32(43-29)20-8-6-19(7-9-20)31(42)37-23-5-3-4-22(36)15-23;1-19-6-5-12(23)7-11(19)3-4-13-14-8-16(25)21(27,17(26)10-22)20(14,2)9-15(24)18(13)19;1-19(2,3)25-18(24)21-16-6-4-5-15(11-16)20-17(23)14-9-7-13(12-22)8-10-14;/h2*3-9,12-15,25-27,29-30,32,38,40H,10-11,16-18,36H2,1-2H3,(H,37,42);5-7,13-16,18,22,24-25,27H,3-4,8-10H2,1-2H3;4-12H,1-3H3,(H,20,23)(H,21,24);1H4/t25-,26-,27-,29+,30+,32+,33-,34-,35+;25-,26-,27-,29+,30+,32-,33-,34-,35+;13-,14-,15-,16+,18+,19-,20-,21-;;/m000../s1. The molecule has 14 aliphatic rings. The number of nitrogens with one attached hydrogen (secondary N) is 4. The van der Waals surface area contributed by atoms with Crippen LogP contribution < -0.4 is 32.7 Å². The molecule has 11 fully saturated rings. The van der Waals surface area contributed by atoms with E-state index in [0.29, 0.717) is 99.5 Å². The summed E-state index contributed by atoms with van der Waals surface area (Å²) in [6, 6.07) is 40.6. The first-order chi connectivity index (χ1) is 66.3. The van der Waals surface area contributed by atoms with Crippen molar-refractivity contribution in [2.24, 2.45) is 85.8 Å². The van der Waals surface area contributed by atoms with Crippen LogP contribution in [0.3, 0.4) is 0 Å². The van der Waals surface area contributed by atoms with Gasteiger partial charge in [-0.25, -0.2) is 4.79 Å². The number of benzene rings is 6. The molecular formula is C111H128N6O24. The zero-order valence-electron chi connectivity index (χ0n) is 79.8. The fraction of sp³-hybridized carbons (Fsp3) is 0.468. The fourth-order valence-electron chi connectivity index (χ4n) is 27.9. The number of anilines is 6. The molecule has 26 atom stereocenters. The Bertz CT molecular complexity index is 5920. The highest BCUT2D eigenvalue weighted by Gasteiger charge is 2.79. The summed E-state index contributed by atoms with van der Waals surface area (Å²) in [6.45, 7) is 15.1.